The van der Waals surface area contributed by atoms with E-state index in [0.29, 0.717) is 12.6 Å². The topological polar surface area (TPSA) is 92.0 Å². The number of anilines is 1. The Kier molecular flexibility index (Phi) is 7.46. The Hall–Kier alpha value is -2.35. The van der Waals surface area contributed by atoms with Crippen molar-refractivity contribution in [1.29, 1.82) is 0 Å². The first-order valence-electron chi connectivity index (χ1n) is 8.69. The van der Waals surface area contributed by atoms with Crippen LogP contribution >= 0.6 is 0 Å². The molecule has 1 heterocycles. The van der Waals surface area contributed by atoms with Crippen molar-refractivity contribution >= 4 is 17.3 Å². The molecule has 138 valence electrons. The molecule has 0 amide bonds. The van der Waals surface area contributed by atoms with Gasteiger partial charge in [0.1, 0.15) is 0 Å². The number of nitro benzene ring substituents is 1. The van der Waals surface area contributed by atoms with E-state index in [2.05, 4.69) is 20.5 Å². The summed E-state index contributed by atoms with van der Waals surface area (Å²) in [7, 11) is 1.79. The van der Waals surface area contributed by atoms with Gasteiger partial charge in [0.15, 0.2) is 5.96 Å². The molecule has 1 aromatic rings. The largest absolute Gasteiger partial charge is 0.383 e. The molecular formula is C17H27N5O3. The first-order valence-corrected chi connectivity index (χ1v) is 8.69. The van der Waals surface area contributed by atoms with Gasteiger partial charge >= 0.3 is 0 Å². The fourth-order valence-electron chi connectivity index (χ4n) is 2.88. The Labute approximate surface area is 148 Å². The fraction of sp³-hybridized carbons (Fsp3) is 0.588. The zero-order valence-electron chi connectivity index (χ0n) is 14.9. The second kappa shape index (κ2) is 9.83. The SMILES string of the molecule is CCOC1CCN(C(=NC)NCCNc2ccc([N+](=O)[O-])cc2)CC1. The van der Waals surface area contributed by atoms with Gasteiger partial charge in [-0.05, 0) is 31.9 Å². The van der Waals surface area contributed by atoms with Crippen LogP contribution in [0.2, 0.25) is 0 Å². The highest BCUT2D eigenvalue weighted by Crippen LogP contribution is 2.15. The molecule has 1 aromatic carbocycles. The maximum absolute atomic E-state index is 10.6. The Balaban J connectivity index is 1.70. The number of non-ortho nitro benzene ring substituents is 1. The summed E-state index contributed by atoms with van der Waals surface area (Å²) in [5.41, 5.74) is 0.958. The summed E-state index contributed by atoms with van der Waals surface area (Å²) in [6.45, 7) is 6.11. The summed E-state index contributed by atoms with van der Waals surface area (Å²) < 4.78 is 5.68. The van der Waals surface area contributed by atoms with Crippen LogP contribution in [-0.2, 0) is 4.74 Å². The Morgan fingerprint density at radius 3 is 2.56 bits per heavy atom. The lowest BCUT2D eigenvalue weighted by Gasteiger charge is -2.34. The van der Waals surface area contributed by atoms with Crippen molar-refractivity contribution in [2.24, 2.45) is 4.99 Å². The first kappa shape index (κ1) is 19.0. The van der Waals surface area contributed by atoms with E-state index in [1.165, 1.54) is 12.1 Å². The minimum atomic E-state index is -0.399. The average molecular weight is 349 g/mol. The first-order chi connectivity index (χ1) is 12.1. The van der Waals surface area contributed by atoms with Crippen molar-refractivity contribution in [2.45, 2.75) is 25.9 Å². The lowest BCUT2D eigenvalue weighted by Crippen LogP contribution is -2.47. The molecule has 0 aliphatic carbocycles. The smallest absolute Gasteiger partial charge is 0.269 e. The van der Waals surface area contributed by atoms with E-state index >= 15 is 0 Å². The van der Waals surface area contributed by atoms with Gasteiger partial charge in [-0.2, -0.15) is 0 Å². The van der Waals surface area contributed by atoms with Crippen LogP contribution in [-0.4, -0.2) is 61.7 Å². The molecule has 1 saturated heterocycles. The van der Waals surface area contributed by atoms with E-state index in [1.807, 2.05) is 6.92 Å². The lowest BCUT2D eigenvalue weighted by molar-refractivity contribution is -0.384. The molecule has 8 nitrogen and oxygen atoms in total. The number of hydrogen-bond donors (Lipinski definition) is 2. The normalized spacial score (nSPS) is 15.9. The van der Waals surface area contributed by atoms with Gasteiger partial charge in [0.2, 0.25) is 0 Å². The predicted molar refractivity (Wildman–Crippen MR) is 99.2 cm³/mol. The number of benzene rings is 1. The summed E-state index contributed by atoms with van der Waals surface area (Å²) in [4.78, 5) is 16.8. The standard InChI is InChI=1S/C17H27N5O3/c1-3-25-16-8-12-21(13-9-16)17(18-2)20-11-10-19-14-4-6-15(7-5-14)22(23)24/h4-7,16,19H,3,8-13H2,1-2H3,(H,18,20). The van der Waals surface area contributed by atoms with Gasteiger partial charge in [0.05, 0.1) is 11.0 Å². The average Bonchev–Trinajstić information content (AvgIpc) is 2.63. The third-order valence-electron chi connectivity index (χ3n) is 4.17. The highest BCUT2D eigenvalue weighted by atomic mass is 16.6. The van der Waals surface area contributed by atoms with Crippen molar-refractivity contribution < 1.29 is 9.66 Å². The molecular weight excluding hydrogens is 322 g/mol. The number of guanidine groups is 1. The highest BCUT2D eigenvalue weighted by Gasteiger charge is 2.21. The van der Waals surface area contributed by atoms with Crippen LogP contribution in [0.25, 0.3) is 0 Å². The molecule has 0 saturated carbocycles. The molecule has 2 N–H and O–H groups in total. The summed E-state index contributed by atoms with van der Waals surface area (Å²) in [6.07, 6.45) is 2.41. The molecule has 0 spiro atoms. The number of ether oxygens (including phenoxy) is 1. The number of nitrogens with one attached hydrogen (secondary N) is 2. The quantitative estimate of drug-likeness (QED) is 0.257. The third-order valence-corrected chi connectivity index (χ3v) is 4.17. The van der Waals surface area contributed by atoms with E-state index in [9.17, 15) is 10.1 Å². The Morgan fingerprint density at radius 1 is 1.32 bits per heavy atom. The maximum Gasteiger partial charge on any atom is 0.269 e. The maximum atomic E-state index is 10.6. The van der Waals surface area contributed by atoms with Crippen LogP contribution in [0.1, 0.15) is 19.8 Å². The van der Waals surface area contributed by atoms with Crippen LogP contribution < -0.4 is 10.6 Å². The molecule has 1 aliphatic heterocycles. The van der Waals surface area contributed by atoms with E-state index in [4.69, 9.17) is 4.74 Å². The summed E-state index contributed by atoms with van der Waals surface area (Å²) in [5, 5.41) is 17.2. The van der Waals surface area contributed by atoms with E-state index in [1.54, 1.807) is 19.2 Å². The molecule has 0 aromatic heterocycles. The fourth-order valence-corrected chi connectivity index (χ4v) is 2.88. The van der Waals surface area contributed by atoms with Crippen molar-refractivity contribution in [3.05, 3.63) is 34.4 Å². The number of nitrogens with zero attached hydrogens (tertiary/aromatic N) is 3. The molecule has 2 rings (SSSR count). The van der Waals surface area contributed by atoms with E-state index in [-0.39, 0.29) is 5.69 Å². The minimum Gasteiger partial charge on any atom is -0.383 e. The second-order valence-electron chi connectivity index (χ2n) is 5.85. The van der Waals surface area contributed by atoms with Crippen molar-refractivity contribution in [1.82, 2.24) is 10.2 Å². The highest BCUT2D eigenvalue weighted by molar-refractivity contribution is 5.80. The van der Waals surface area contributed by atoms with Crippen LogP contribution in [0, 0.1) is 10.1 Å². The summed E-state index contributed by atoms with van der Waals surface area (Å²) in [6, 6.07) is 6.42. The van der Waals surface area contributed by atoms with Gasteiger partial charge in [-0.1, -0.05) is 0 Å². The molecule has 1 aliphatic rings. The van der Waals surface area contributed by atoms with Crippen molar-refractivity contribution in [2.75, 3.05) is 45.2 Å². The van der Waals surface area contributed by atoms with Crippen molar-refractivity contribution in [3.8, 4) is 0 Å². The lowest BCUT2D eigenvalue weighted by atomic mass is 10.1. The van der Waals surface area contributed by atoms with Crippen LogP contribution in [0.3, 0.4) is 0 Å². The number of nitro groups is 1. The number of hydrogen-bond acceptors (Lipinski definition) is 5. The number of aliphatic imine (C=N–C) groups is 1. The molecule has 8 heteroatoms. The summed E-state index contributed by atoms with van der Waals surface area (Å²) in [5.74, 6) is 0.903. The Bertz CT molecular complexity index is 568. The zero-order chi connectivity index (χ0) is 18.1. The molecule has 25 heavy (non-hydrogen) atoms. The van der Waals surface area contributed by atoms with Gasteiger partial charge in [-0.3, -0.25) is 15.1 Å². The Morgan fingerprint density at radius 2 is 2.00 bits per heavy atom. The molecule has 1 fully saturated rings. The van der Waals surface area contributed by atoms with E-state index < -0.39 is 4.92 Å². The predicted octanol–water partition coefficient (Wildman–Crippen LogP) is 2.08. The van der Waals surface area contributed by atoms with Crippen LogP contribution in [0.15, 0.2) is 29.3 Å². The van der Waals surface area contributed by atoms with Gasteiger partial charge in [0, 0.05) is 57.7 Å². The molecule has 0 atom stereocenters. The number of likely N-dealkylation sites (tertiary alicyclic amines) is 1. The van der Waals surface area contributed by atoms with Gasteiger partial charge in [0.25, 0.3) is 5.69 Å². The summed E-state index contributed by atoms with van der Waals surface area (Å²) >= 11 is 0. The number of piperidine rings is 1. The van der Waals surface area contributed by atoms with E-state index in [0.717, 1.165) is 50.7 Å². The van der Waals surface area contributed by atoms with Gasteiger partial charge in [-0.25, -0.2) is 0 Å². The van der Waals surface area contributed by atoms with Crippen molar-refractivity contribution in [3.63, 3.8) is 0 Å². The van der Waals surface area contributed by atoms with Crippen LogP contribution in [0.4, 0.5) is 11.4 Å². The zero-order valence-corrected chi connectivity index (χ0v) is 14.9. The number of rotatable bonds is 7. The van der Waals surface area contributed by atoms with Gasteiger partial charge in [-0.15, -0.1) is 0 Å². The second-order valence-corrected chi connectivity index (χ2v) is 5.85. The minimum absolute atomic E-state index is 0.0968. The monoisotopic (exact) mass is 349 g/mol. The van der Waals surface area contributed by atoms with Gasteiger partial charge < -0.3 is 20.3 Å². The third kappa shape index (κ3) is 5.90. The molecule has 0 bridgehead atoms. The molecule has 0 radical (unpaired) electrons. The van der Waals surface area contributed by atoms with Crippen LogP contribution in [0.5, 0.6) is 0 Å². The molecule has 0 unspecified atom stereocenters.